The minimum absolute atomic E-state index is 0.0754. The van der Waals surface area contributed by atoms with E-state index in [9.17, 15) is 4.79 Å². The van der Waals surface area contributed by atoms with Crippen molar-refractivity contribution in [2.75, 3.05) is 6.54 Å². The molecular weight excluding hydrogens is 332 g/mol. The van der Waals surface area contributed by atoms with E-state index in [1.807, 2.05) is 27.7 Å². The Morgan fingerprint density at radius 3 is 2.96 bits per heavy atom. The molecule has 2 N–H and O–H groups in total. The summed E-state index contributed by atoms with van der Waals surface area (Å²) in [5, 5.41) is 6.48. The summed E-state index contributed by atoms with van der Waals surface area (Å²) in [6.45, 7) is 8.45. The molecule has 1 heterocycles. The third-order valence-electron chi connectivity index (χ3n) is 3.81. The van der Waals surface area contributed by atoms with Gasteiger partial charge in [-0.15, -0.1) is 11.3 Å². The Hall–Kier alpha value is -0.780. The van der Waals surface area contributed by atoms with Crippen LogP contribution in [0.3, 0.4) is 0 Å². The van der Waals surface area contributed by atoms with Crippen molar-refractivity contribution in [2.24, 2.45) is 0 Å². The van der Waals surface area contributed by atoms with Gasteiger partial charge in [-0.25, -0.2) is 4.79 Å². The summed E-state index contributed by atoms with van der Waals surface area (Å²) in [6, 6.07) is 2.56. The van der Waals surface area contributed by atoms with Crippen molar-refractivity contribution in [3.8, 4) is 0 Å². The zero-order valence-corrected chi connectivity index (χ0v) is 15.9. The smallest absolute Gasteiger partial charge is 0.407 e. The number of carbonyl (C=O) groups is 1. The minimum atomic E-state index is -0.460. The van der Waals surface area contributed by atoms with Crippen LogP contribution in [0.1, 0.15) is 63.4 Å². The highest BCUT2D eigenvalue weighted by molar-refractivity contribution is 7.16. The zero-order valence-electron chi connectivity index (χ0n) is 14.4. The molecule has 1 aromatic heterocycles. The fourth-order valence-corrected chi connectivity index (χ4v) is 4.17. The van der Waals surface area contributed by atoms with Crippen molar-refractivity contribution < 1.29 is 9.53 Å². The second-order valence-corrected chi connectivity index (χ2v) is 8.93. The van der Waals surface area contributed by atoms with Crippen LogP contribution in [-0.2, 0) is 11.2 Å². The van der Waals surface area contributed by atoms with E-state index in [0.29, 0.717) is 6.04 Å². The van der Waals surface area contributed by atoms with Gasteiger partial charge in [-0.1, -0.05) is 11.6 Å². The van der Waals surface area contributed by atoms with Crippen LogP contribution >= 0.6 is 22.9 Å². The monoisotopic (exact) mass is 358 g/mol. The SMILES string of the molecule is CC(CCNC1CCCc2sc(Cl)cc21)NC(=O)OC(C)(C)C. The van der Waals surface area contributed by atoms with Gasteiger partial charge in [-0.3, -0.25) is 0 Å². The topological polar surface area (TPSA) is 50.4 Å². The molecule has 1 aliphatic rings. The molecule has 0 fully saturated rings. The standard InChI is InChI=1S/C17H27ClN2O2S/c1-11(20-16(21)22-17(2,3)4)8-9-19-13-6-5-7-14-12(13)10-15(18)23-14/h10-11,13,19H,5-9H2,1-4H3,(H,20,21). The van der Waals surface area contributed by atoms with Gasteiger partial charge in [0.25, 0.3) is 0 Å². The molecule has 0 spiro atoms. The van der Waals surface area contributed by atoms with E-state index in [1.165, 1.54) is 16.9 Å². The number of halogens is 1. The summed E-state index contributed by atoms with van der Waals surface area (Å²) < 4.78 is 6.15. The van der Waals surface area contributed by atoms with Crippen molar-refractivity contribution in [3.63, 3.8) is 0 Å². The largest absolute Gasteiger partial charge is 0.444 e. The summed E-state index contributed by atoms with van der Waals surface area (Å²) in [5.41, 5.74) is 0.901. The molecule has 0 aromatic carbocycles. The number of alkyl carbamates (subject to hydrolysis) is 1. The van der Waals surface area contributed by atoms with Crippen LogP contribution in [0.5, 0.6) is 0 Å². The maximum absolute atomic E-state index is 11.7. The summed E-state index contributed by atoms with van der Waals surface area (Å²) in [5.74, 6) is 0. The highest BCUT2D eigenvalue weighted by Gasteiger charge is 2.22. The van der Waals surface area contributed by atoms with Crippen molar-refractivity contribution in [1.29, 1.82) is 0 Å². The highest BCUT2D eigenvalue weighted by Crippen LogP contribution is 2.37. The quantitative estimate of drug-likeness (QED) is 0.804. The number of hydrogen-bond donors (Lipinski definition) is 2. The van der Waals surface area contributed by atoms with Crippen LogP contribution in [0.4, 0.5) is 4.79 Å². The van der Waals surface area contributed by atoms with E-state index in [0.717, 1.165) is 30.1 Å². The van der Waals surface area contributed by atoms with Crippen molar-refractivity contribution in [3.05, 3.63) is 20.8 Å². The normalized spacial score (nSPS) is 19.1. The van der Waals surface area contributed by atoms with E-state index in [1.54, 1.807) is 11.3 Å². The van der Waals surface area contributed by atoms with Crippen LogP contribution in [0.2, 0.25) is 4.34 Å². The van der Waals surface area contributed by atoms with Gasteiger partial charge in [-0.2, -0.15) is 0 Å². The van der Waals surface area contributed by atoms with Gasteiger partial charge in [-0.05, 0) is 71.6 Å². The van der Waals surface area contributed by atoms with Gasteiger partial charge < -0.3 is 15.4 Å². The Morgan fingerprint density at radius 1 is 1.52 bits per heavy atom. The maximum Gasteiger partial charge on any atom is 0.407 e. The lowest BCUT2D eigenvalue weighted by Crippen LogP contribution is -2.39. The van der Waals surface area contributed by atoms with Gasteiger partial charge in [0.15, 0.2) is 0 Å². The van der Waals surface area contributed by atoms with Gasteiger partial charge in [0.05, 0.1) is 4.34 Å². The average Bonchev–Trinajstić information content (AvgIpc) is 2.77. The fourth-order valence-electron chi connectivity index (χ4n) is 2.79. The van der Waals surface area contributed by atoms with Gasteiger partial charge in [0.2, 0.25) is 0 Å². The molecule has 4 nitrogen and oxygen atoms in total. The minimum Gasteiger partial charge on any atom is -0.444 e. The van der Waals surface area contributed by atoms with Gasteiger partial charge in [0, 0.05) is 17.0 Å². The number of rotatable bonds is 5. The molecule has 1 aliphatic carbocycles. The van der Waals surface area contributed by atoms with Crippen LogP contribution in [0.25, 0.3) is 0 Å². The number of ether oxygens (including phenoxy) is 1. The molecule has 6 heteroatoms. The lowest BCUT2D eigenvalue weighted by molar-refractivity contribution is 0.0506. The van der Waals surface area contributed by atoms with Crippen LogP contribution in [0.15, 0.2) is 6.07 Å². The van der Waals surface area contributed by atoms with E-state index in [4.69, 9.17) is 16.3 Å². The van der Waals surface area contributed by atoms with E-state index in [-0.39, 0.29) is 12.1 Å². The molecule has 0 aliphatic heterocycles. The predicted octanol–water partition coefficient (Wildman–Crippen LogP) is 4.67. The number of nitrogens with one attached hydrogen (secondary N) is 2. The van der Waals surface area contributed by atoms with Crippen LogP contribution in [-0.4, -0.2) is 24.3 Å². The first kappa shape index (κ1) is 18.6. The molecule has 2 unspecified atom stereocenters. The number of fused-ring (bicyclic) bond motifs is 1. The van der Waals surface area contributed by atoms with E-state index in [2.05, 4.69) is 16.7 Å². The average molecular weight is 359 g/mol. The molecule has 0 saturated carbocycles. The molecule has 130 valence electrons. The maximum atomic E-state index is 11.7. The molecule has 0 saturated heterocycles. The molecule has 2 rings (SSSR count). The molecule has 1 amide bonds. The first-order chi connectivity index (χ1) is 10.7. The third-order valence-corrected chi connectivity index (χ3v) is 5.15. The Labute approximate surface area is 147 Å². The van der Waals surface area contributed by atoms with Gasteiger partial charge in [0.1, 0.15) is 5.60 Å². The Kier molecular flexibility index (Phi) is 6.34. The van der Waals surface area contributed by atoms with Crippen molar-refractivity contribution in [1.82, 2.24) is 10.6 Å². The predicted molar refractivity (Wildman–Crippen MR) is 96.5 cm³/mol. The molecule has 2 atom stereocenters. The van der Waals surface area contributed by atoms with Gasteiger partial charge >= 0.3 is 6.09 Å². The Bertz CT molecular complexity index is 539. The second-order valence-electron chi connectivity index (χ2n) is 7.16. The number of thiophene rings is 1. The van der Waals surface area contributed by atoms with Crippen LogP contribution < -0.4 is 10.6 Å². The molecule has 1 aromatic rings. The molecule has 23 heavy (non-hydrogen) atoms. The Balaban J connectivity index is 1.74. The lowest BCUT2D eigenvalue weighted by atomic mass is 9.94. The Morgan fingerprint density at radius 2 is 2.26 bits per heavy atom. The molecular formula is C17H27ClN2O2S. The van der Waals surface area contributed by atoms with Crippen molar-refractivity contribution >= 4 is 29.0 Å². The number of hydrogen-bond acceptors (Lipinski definition) is 4. The molecule has 0 bridgehead atoms. The lowest BCUT2D eigenvalue weighted by Gasteiger charge is -2.25. The van der Waals surface area contributed by atoms with E-state index < -0.39 is 5.60 Å². The second kappa shape index (κ2) is 7.86. The summed E-state index contributed by atoms with van der Waals surface area (Å²) >= 11 is 7.84. The van der Waals surface area contributed by atoms with Crippen LogP contribution in [0, 0.1) is 0 Å². The fraction of sp³-hybridized carbons (Fsp3) is 0.706. The first-order valence-corrected chi connectivity index (χ1v) is 9.45. The summed E-state index contributed by atoms with van der Waals surface area (Å²) in [6.07, 6.45) is 4.00. The third kappa shape index (κ3) is 5.98. The van der Waals surface area contributed by atoms with Crippen molar-refractivity contribution in [2.45, 2.75) is 71.1 Å². The zero-order chi connectivity index (χ0) is 17.0. The number of carbonyl (C=O) groups excluding carboxylic acids is 1. The number of amides is 1. The first-order valence-electron chi connectivity index (χ1n) is 8.25. The summed E-state index contributed by atoms with van der Waals surface area (Å²) in [4.78, 5) is 13.1. The van der Waals surface area contributed by atoms with E-state index >= 15 is 0 Å². The molecule has 0 radical (unpaired) electrons. The summed E-state index contributed by atoms with van der Waals surface area (Å²) in [7, 11) is 0. The number of aryl methyl sites for hydroxylation is 1. The highest BCUT2D eigenvalue weighted by atomic mass is 35.5.